The Balaban J connectivity index is 3.66. The van der Waals surface area contributed by atoms with Crippen LogP contribution in [-0.2, 0) is 56.4 Å². The van der Waals surface area contributed by atoms with Crippen LogP contribution in [0.1, 0.15) is 97.8 Å². The summed E-state index contributed by atoms with van der Waals surface area (Å²) < 4.78 is 69.1. The van der Waals surface area contributed by atoms with Gasteiger partial charge in [0.25, 0.3) is 22.7 Å². The molecule has 1 aliphatic heterocycles. The van der Waals surface area contributed by atoms with Crippen molar-refractivity contribution >= 4 is 40.7 Å². The maximum atomic E-state index is 11.5. The molecule has 0 saturated carbocycles. The van der Waals surface area contributed by atoms with Gasteiger partial charge in [-0.2, -0.15) is 13.5 Å². The molecule has 0 amide bonds. The van der Waals surface area contributed by atoms with Crippen molar-refractivity contribution in [3.05, 3.63) is 0 Å². The van der Waals surface area contributed by atoms with E-state index in [2.05, 4.69) is 36.0 Å². The lowest BCUT2D eigenvalue weighted by Crippen LogP contribution is -2.24. The molecule has 24 heteroatoms. The lowest BCUT2D eigenvalue weighted by atomic mass is 10.3. The highest BCUT2D eigenvalue weighted by molar-refractivity contribution is 7.81. The molecule has 60 heavy (non-hydrogen) atoms. The normalized spacial score (nSPS) is 20.1. The standard InChI is InChI=1S/C36H75N6O15P3/c1-4-7-19-49-22-25-52-28-31-55-58(37-16-10-13-34(43)44)40-59(38-17-11-14-35(45)46,56-32-29-53-26-23-50-20-8-5-2)42-60(41-58,39-18-12-15-36(47)48)57-33-30-54-27-24-51-21-9-6-3/h37-39H,4-33H2,1-3H3,(H,43,44)(H,45,46)(H,47,48). The van der Waals surface area contributed by atoms with E-state index >= 15 is 0 Å². The number of hydrogen-bond donors (Lipinski definition) is 6. The minimum Gasteiger partial charge on any atom is -0.481 e. The van der Waals surface area contributed by atoms with Crippen LogP contribution in [0.5, 0.6) is 0 Å². The number of carboxylic acid groups (broad SMARTS) is 3. The maximum absolute atomic E-state index is 11.5. The van der Waals surface area contributed by atoms with Gasteiger partial charge in [0.2, 0.25) is 0 Å². The second-order valence-electron chi connectivity index (χ2n) is 13.4. The highest BCUT2D eigenvalue weighted by Crippen LogP contribution is 2.75. The van der Waals surface area contributed by atoms with E-state index in [-0.39, 0.29) is 97.8 Å². The first-order valence-corrected chi connectivity index (χ1v) is 26.1. The van der Waals surface area contributed by atoms with Crippen molar-refractivity contribution in [2.45, 2.75) is 97.8 Å². The quantitative estimate of drug-likeness (QED) is 0.0272. The molecular weight excluding hydrogens is 849 g/mol. The second-order valence-corrected chi connectivity index (χ2v) is 20.5. The van der Waals surface area contributed by atoms with Gasteiger partial charge in [0.05, 0.1) is 79.3 Å². The summed E-state index contributed by atoms with van der Waals surface area (Å²) >= 11 is 0. The minimum absolute atomic E-state index is 0.0159. The molecule has 354 valence electrons. The van der Waals surface area contributed by atoms with E-state index in [1.807, 2.05) is 0 Å². The van der Waals surface area contributed by atoms with Crippen molar-refractivity contribution in [1.82, 2.24) is 15.3 Å². The van der Waals surface area contributed by atoms with Gasteiger partial charge in [-0.1, -0.05) is 40.0 Å². The number of nitrogens with one attached hydrogen (secondary N) is 3. The first-order chi connectivity index (χ1) is 29.1. The molecule has 0 fully saturated rings. The SMILES string of the molecule is CCCCOCCOCCOP1(NCCCC(=O)O)=NP(NCCCC(=O)O)(OCCOCCOCCCC)=NP(NCCCC(=O)O)(OCCOCCOCCCC)=N1. The van der Waals surface area contributed by atoms with E-state index in [0.29, 0.717) is 59.5 Å². The molecule has 0 bridgehead atoms. The van der Waals surface area contributed by atoms with Gasteiger partial charge in [-0.25, -0.2) is 15.3 Å². The summed E-state index contributed by atoms with van der Waals surface area (Å²) in [6.07, 6.45) is 6.16. The minimum atomic E-state index is -3.58. The Morgan fingerprint density at radius 2 is 0.617 bits per heavy atom. The van der Waals surface area contributed by atoms with Gasteiger partial charge in [-0.15, -0.1) is 0 Å². The molecule has 1 rings (SSSR count). The van der Waals surface area contributed by atoms with Crippen LogP contribution in [0.15, 0.2) is 13.5 Å². The summed E-state index contributed by atoms with van der Waals surface area (Å²) in [5.74, 6) is -2.93. The molecule has 0 aromatic heterocycles. The van der Waals surface area contributed by atoms with Crippen LogP contribution in [0.2, 0.25) is 0 Å². The van der Waals surface area contributed by atoms with Crippen LogP contribution < -0.4 is 15.3 Å². The van der Waals surface area contributed by atoms with Crippen molar-refractivity contribution in [2.75, 3.05) is 119 Å². The smallest absolute Gasteiger partial charge is 0.303 e. The van der Waals surface area contributed by atoms with Crippen LogP contribution in [0, 0.1) is 0 Å². The van der Waals surface area contributed by atoms with Gasteiger partial charge in [0.1, 0.15) is 0 Å². The molecule has 21 nitrogen and oxygen atoms in total. The Morgan fingerprint density at radius 1 is 0.383 bits per heavy atom. The van der Waals surface area contributed by atoms with Gasteiger partial charge in [0, 0.05) is 58.7 Å². The lowest BCUT2D eigenvalue weighted by Gasteiger charge is -2.35. The Hall–Kier alpha value is -1.38. The molecular formula is C36H75N6O15P3. The van der Waals surface area contributed by atoms with E-state index in [4.69, 9.17) is 55.5 Å². The van der Waals surface area contributed by atoms with Crippen LogP contribution in [-0.4, -0.2) is 152 Å². The summed E-state index contributed by atoms with van der Waals surface area (Å²) in [7, 11) is -10.7. The predicted molar refractivity (Wildman–Crippen MR) is 230 cm³/mol. The van der Waals surface area contributed by atoms with Crippen molar-refractivity contribution in [1.29, 1.82) is 0 Å². The number of ether oxygens (including phenoxy) is 6. The Kier molecular flexibility index (Phi) is 35.0. The van der Waals surface area contributed by atoms with E-state index in [0.717, 1.165) is 38.5 Å². The molecule has 1 heterocycles. The third kappa shape index (κ3) is 29.8. The largest absolute Gasteiger partial charge is 0.481 e. The van der Waals surface area contributed by atoms with E-state index in [1.165, 1.54) is 0 Å². The molecule has 1 aliphatic rings. The maximum Gasteiger partial charge on any atom is 0.303 e. The summed E-state index contributed by atoms with van der Waals surface area (Å²) in [5, 5.41) is 38.1. The number of carbonyl (C=O) groups is 3. The van der Waals surface area contributed by atoms with Gasteiger partial charge in [-0.3, -0.25) is 14.4 Å². The molecule has 6 N–H and O–H groups in total. The number of hydrogen-bond acceptors (Lipinski definition) is 18. The Bertz CT molecular complexity index is 1150. The molecule has 0 saturated heterocycles. The summed E-state index contributed by atoms with van der Waals surface area (Å²) in [6, 6.07) is 0. The van der Waals surface area contributed by atoms with Gasteiger partial charge < -0.3 is 57.3 Å². The van der Waals surface area contributed by atoms with Gasteiger partial charge in [0.15, 0.2) is 0 Å². The summed E-state index contributed by atoms with van der Waals surface area (Å²) in [5.41, 5.74) is 0. The first kappa shape index (κ1) is 56.6. The predicted octanol–water partition coefficient (Wildman–Crippen LogP) is 6.75. The molecule has 0 atom stereocenters. The molecule has 0 unspecified atom stereocenters. The molecule has 0 radical (unpaired) electrons. The number of nitrogens with zero attached hydrogens (tertiary/aromatic N) is 3. The topological polar surface area (TPSA) is 268 Å². The van der Waals surface area contributed by atoms with E-state index in [1.54, 1.807) is 0 Å². The zero-order valence-electron chi connectivity index (χ0n) is 36.1. The van der Waals surface area contributed by atoms with Crippen molar-refractivity contribution < 1.29 is 71.7 Å². The Morgan fingerprint density at radius 3 is 0.850 bits per heavy atom. The summed E-state index contributed by atoms with van der Waals surface area (Å²) in [4.78, 5) is 34.5. The van der Waals surface area contributed by atoms with Crippen molar-refractivity contribution in [3.8, 4) is 0 Å². The van der Waals surface area contributed by atoms with E-state index in [9.17, 15) is 29.7 Å². The number of aliphatic carboxylic acids is 3. The average molecular weight is 925 g/mol. The molecule has 0 spiro atoms. The zero-order chi connectivity index (χ0) is 44.1. The molecule has 0 aromatic rings. The first-order valence-electron chi connectivity index (χ1n) is 21.3. The highest BCUT2D eigenvalue weighted by atomic mass is 31.3. The third-order valence-corrected chi connectivity index (χ3v) is 17.3. The monoisotopic (exact) mass is 924 g/mol. The van der Waals surface area contributed by atoms with Gasteiger partial charge >= 0.3 is 17.9 Å². The van der Waals surface area contributed by atoms with Crippen LogP contribution in [0.4, 0.5) is 0 Å². The molecule has 0 aromatic carbocycles. The Labute approximate surface area is 357 Å². The van der Waals surface area contributed by atoms with Crippen LogP contribution in [0.3, 0.4) is 0 Å². The number of rotatable bonds is 45. The van der Waals surface area contributed by atoms with Crippen molar-refractivity contribution in [3.63, 3.8) is 0 Å². The second kappa shape index (κ2) is 37.0. The van der Waals surface area contributed by atoms with Crippen molar-refractivity contribution in [2.24, 2.45) is 13.5 Å². The number of carboxylic acids is 3. The summed E-state index contributed by atoms with van der Waals surface area (Å²) in [6.45, 7) is 11.3. The molecule has 0 aliphatic carbocycles. The van der Waals surface area contributed by atoms with E-state index < -0.39 is 40.7 Å². The average Bonchev–Trinajstić information content (AvgIpc) is 3.21. The van der Waals surface area contributed by atoms with Crippen LogP contribution >= 0.6 is 22.7 Å². The fourth-order valence-corrected chi connectivity index (χ4v) is 15.5. The fraction of sp³-hybridized carbons (Fsp3) is 0.917. The lowest BCUT2D eigenvalue weighted by molar-refractivity contribution is -0.138. The number of unbranched alkanes of at least 4 members (excludes halogenated alkanes) is 3. The third-order valence-electron chi connectivity index (χ3n) is 7.92. The van der Waals surface area contributed by atoms with Gasteiger partial charge in [-0.05, 0) is 38.5 Å². The zero-order valence-corrected chi connectivity index (χ0v) is 38.8. The van der Waals surface area contributed by atoms with Crippen LogP contribution in [0.25, 0.3) is 0 Å². The highest BCUT2D eigenvalue weighted by Gasteiger charge is 2.40. The fourth-order valence-electron chi connectivity index (χ4n) is 4.80.